The molecule has 1 aliphatic heterocycles. The van der Waals surface area contributed by atoms with Crippen molar-refractivity contribution in [2.24, 2.45) is 0 Å². The lowest BCUT2D eigenvalue weighted by Crippen LogP contribution is -2.44. The second-order valence-electron chi connectivity index (χ2n) is 6.02. The molecule has 0 spiro atoms. The van der Waals surface area contributed by atoms with E-state index in [0.717, 1.165) is 51.3 Å². The minimum absolute atomic E-state index is 0. The molecule has 1 fully saturated rings. The number of alkyl halides is 3. The van der Waals surface area contributed by atoms with E-state index in [9.17, 15) is 22.8 Å². The molecule has 1 heterocycles. The molecular formula is C17H24ClF3N4O2. The van der Waals surface area contributed by atoms with Crippen molar-refractivity contribution < 1.29 is 22.8 Å². The minimum Gasteiger partial charge on any atom is -0.355 e. The topological polar surface area (TPSA) is 73.5 Å². The van der Waals surface area contributed by atoms with Crippen LogP contribution in [-0.2, 0) is 11.0 Å². The van der Waals surface area contributed by atoms with Crippen LogP contribution in [0.4, 0.5) is 13.2 Å². The van der Waals surface area contributed by atoms with Crippen molar-refractivity contribution in [3.8, 4) is 0 Å². The van der Waals surface area contributed by atoms with Crippen molar-refractivity contribution in [1.82, 2.24) is 20.9 Å². The van der Waals surface area contributed by atoms with E-state index in [0.29, 0.717) is 6.54 Å². The molecule has 10 heteroatoms. The molecule has 1 saturated heterocycles. The van der Waals surface area contributed by atoms with Crippen molar-refractivity contribution in [3.05, 3.63) is 35.4 Å². The zero-order valence-electron chi connectivity index (χ0n) is 14.8. The van der Waals surface area contributed by atoms with E-state index in [1.807, 2.05) is 0 Å². The summed E-state index contributed by atoms with van der Waals surface area (Å²) in [6.45, 7) is 4.82. The highest BCUT2D eigenvalue weighted by atomic mass is 35.5. The highest BCUT2D eigenvalue weighted by molar-refractivity contribution is 5.97. The van der Waals surface area contributed by atoms with Gasteiger partial charge in [-0.05, 0) is 25.1 Å². The monoisotopic (exact) mass is 408 g/mol. The normalized spacial score (nSPS) is 14.9. The predicted octanol–water partition coefficient (Wildman–Crippen LogP) is 1.27. The van der Waals surface area contributed by atoms with Gasteiger partial charge in [-0.1, -0.05) is 12.1 Å². The third-order valence-electron chi connectivity index (χ3n) is 4.07. The molecule has 2 amide bonds. The van der Waals surface area contributed by atoms with Crippen molar-refractivity contribution in [2.45, 2.75) is 12.6 Å². The third-order valence-corrected chi connectivity index (χ3v) is 4.07. The van der Waals surface area contributed by atoms with Crippen LogP contribution in [0.3, 0.4) is 0 Å². The Morgan fingerprint density at radius 2 is 1.78 bits per heavy atom. The quantitative estimate of drug-likeness (QED) is 0.594. The second kappa shape index (κ2) is 11.1. The number of nitrogens with zero attached hydrogens (tertiary/aromatic N) is 1. The Kier molecular flexibility index (Phi) is 9.54. The highest BCUT2D eigenvalue weighted by Crippen LogP contribution is 2.31. The lowest BCUT2D eigenvalue weighted by molar-refractivity contribution is -0.137. The lowest BCUT2D eigenvalue weighted by atomic mass is 10.1. The fourth-order valence-electron chi connectivity index (χ4n) is 2.71. The molecular weight excluding hydrogens is 385 g/mol. The third kappa shape index (κ3) is 7.74. The van der Waals surface area contributed by atoms with Gasteiger partial charge < -0.3 is 20.9 Å². The van der Waals surface area contributed by atoms with E-state index in [-0.39, 0.29) is 19.0 Å². The summed E-state index contributed by atoms with van der Waals surface area (Å²) in [7, 11) is 0. The Balaban J connectivity index is 0.00000364. The number of piperazine rings is 1. The SMILES string of the molecule is Cl.O=C(CNC(=O)c1ccccc1C(F)(F)F)NCCCN1CCNCC1. The fourth-order valence-corrected chi connectivity index (χ4v) is 2.71. The first kappa shape index (κ1) is 23.2. The summed E-state index contributed by atoms with van der Waals surface area (Å²) in [5, 5.41) is 8.14. The van der Waals surface area contributed by atoms with E-state index >= 15 is 0 Å². The summed E-state index contributed by atoms with van der Waals surface area (Å²) in [6, 6.07) is 4.49. The van der Waals surface area contributed by atoms with Gasteiger partial charge in [0.1, 0.15) is 0 Å². The van der Waals surface area contributed by atoms with E-state index < -0.39 is 29.1 Å². The minimum atomic E-state index is -4.62. The lowest BCUT2D eigenvalue weighted by Gasteiger charge is -2.27. The van der Waals surface area contributed by atoms with Crippen LogP contribution in [0.5, 0.6) is 0 Å². The zero-order valence-corrected chi connectivity index (χ0v) is 15.6. The highest BCUT2D eigenvalue weighted by Gasteiger charge is 2.34. The van der Waals surface area contributed by atoms with Crippen molar-refractivity contribution >= 4 is 24.2 Å². The number of carbonyl (C=O) groups is 2. The molecule has 0 aromatic heterocycles. The Hall–Kier alpha value is -1.84. The number of hydrogen-bond acceptors (Lipinski definition) is 4. The second-order valence-corrected chi connectivity index (χ2v) is 6.02. The van der Waals surface area contributed by atoms with Gasteiger partial charge in [-0.15, -0.1) is 12.4 Å². The van der Waals surface area contributed by atoms with Crippen molar-refractivity contribution in [1.29, 1.82) is 0 Å². The molecule has 1 aromatic rings. The van der Waals surface area contributed by atoms with Gasteiger partial charge in [0.2, 0.25) is 5.91 Å². The van der Waals surface area contributed by atoms with Gasteiger partial charge in [0.05, 0.1) is 17.7 Å². The van der Waals surface area contributed by atoms with Crippen LogP contribution in [0.25, 0.3) is 0 Å². The average molecular weight is 409 g/mol. The van der Waals surface area contributed by atoms with Gasteiger partial charge in [-0.3, -0.25) is 9.59 Å². The standard InChI is InChI=1S/C17H23F3N4O2.ClH/c18-17(19,20)14-5-2-1-4-13(14)16(26)23-12-15(25)22-6-3-9-24-10-7-21-8-11-24;/h1-2,4-5,21H,3,6-12H2,(H,22,25)(H,23,26);1H. The summed E-state index contributed by atoms with van der Waals surface area (Å²) in [5.74, 6) is -1.35. The molecule has 1 aliphatic rings. The van der Waals surface area contributed by atoms with E-state index in [1.54, 1.807) is 0 Å². The molecule has 0 saturated carbocycles. The number of carbonyl (C=O) groups excluding carboxylic acids is 2. The van der Waals surface area contributed by atoms with Crippen LogP contribution in [0.15, 0.2) is 24.3 Å². The predicted molar refractivity (Wildman–Crippen MR) is 98.0 cm³/mol. The van der Waals surface area contributed by atoms with E-state index in [1.165, 1.54) is 12.1 Å². The first-order valence-electron chi connectivity index (χ1n) is 8.52. The Morgan fingerprint density at radius 3 is 2.44 bits per heavy atom. The molecule has 152 valence electrons. The largest absolute Gasteiger partial charge is 0.417 e. The van der Waals surface area contributed by atoms with Gasteiger partial charge in [0.15, 0.2) is 0 Å². The summed E-state index contributed by atoms with van der Waals surface area (Å²) >= 11 is 0. The van der Waals surface area contributed by atoms with Gasteiger partial charge in [-0.25, -0.2) is 0 Å². The van der Waals surface area contributed by atoms with Crippen molar-refractivity contribution in [3.63, 3.8) is 0 Å². The molecule has 2 rings (SSSR count). The number of benzene rings is 1. The molecule has 27 heavy (non-hydrogen) atoms. The van der Waals surface area contributed by atoms with Crippen molar-refractivity contribution in [2.75, 3.05) is 45.8 Å². The van der Waals surface area contributed by atoms with E-state index in [2.05, 4.69) is 20.9 Å². The Bertz CT molecular complexity index is 622. The molecule has 0 unspecified atom stereocenters. The van der Waals surface area contributed by atoms with Gasteiger partial charge in [0.25, 0.3) is 5.91 Å². The summed E-state index contributed by atoms with van der Waals surface area (Å²) in [4.78, 5) is 26.0. The maximum absolute atomic E-state index is 12.9. The summed E-state index contributed by atoms with van der Waals surface area (Å²) < 4.78 is 38.7. The first-order valence-corrected chi connectivity index (χ1v) is 8.52. The van der Waals surface area contributed by atoms with Crippen LogP contribution < -0.4 is 16.0 Å². The van der Waals surface area contributed by atoms with Gasteiger partial charge >= 0.3 is 6.18 Å². The summed E-state index contributed by atoms with van der Waals surface area (Å²) in [6.07, 6.45) is -3.85. The Morgan fingerprint density at radius 1 is 1.11 bits per heavy atom. The molecule has 1 aromatic carbocycles. The number of hydrogen-bond donors (Lipinski definition) is 3. The number of nitrogens with one attached hydrogen (secondary N) is 3. The van der Waals surface area contributed by atoms with E-state index in [4.69, 9.17) is 0 Å². The maximum Gasteiger partial charge on any atom is 0.417 e. The van der Waals surface area contributed by atoms with Crippen LogP contribution >= 0.6 is 12.4 Å². The number of rotatable bonds is 7. The number of amides is 2. The zero-order chi connectivity index (χ0) is 19.0. The average Bonchev–Trinajstić information content (AvgIpc) is 2.63. The smallest absolute Gasteiger partial charge is 0.355 e. The molecule has 0 radical (unpaired) electrons. The molecule has 0 aliphatic carbocycles. The van der Waals surface area contributed by atoms with Crippen LogP contribution in [0.2, 0.25) is 0 Å². The molecule has 6 nitrogen and oxygen atoms in total. The number of halogens is 4. The first-order chi connectivity index (χ1) is 12.4. The molecule has 0 bridgehead atoms. The van der Waals surface area contributed by atoms with Crippen LogP contribution in [0.1, 0.15) is 22.3 Å². The fraction of sp³-hybridized carbons (Fsp3) is 0.529. The van der Waals surface area contributed by atoms with Crippen LogP contribution in [0, 0.1) is 0 Å². The maximum atomic E-state index is 12.9. The Labute approximate surface area is 162 Å². The van der Waals surface area contributed by atoms with Crippen LogP contribution in [-0.4, -0.2) is 62.5 Å². The molecule has 3 N–H and O–H groups in total. The van der Waals surface area contributed by atoms with Gasteiger partial charge in [0, 0.05) is 32.7 Å². The molecule has 0 atom stereocenters. The van der Waals surface area contributed by atoms with Gasteiger partial charge in [-0.2, -0.15) is 13.2 Å². The summed E-state index contributed by atoms with van der Waals surface area (Å²) in [5.41, 5.74) is -1.51.